The minimum atomic E-state index is 0.377. The molecule has 0 aliphatic rings. The van der Waals surface area contributed by atoms with E-state index in [0.29, 0.717) is 5.75 Å². The lowest BCUT2D eigenvalue weighted by molar-refractivity contribution is 0.471. The topological polar surface area (TPSA) is 20.2 Å². The van der Waals surface area contributed by atoms with Crippen molar-refractivity contribution in [3.63, 3.8) is 0 Å². The maximum atomic E-state index is 9.44. The zero-order valence-electron chi connectivity index (χ0n) is 9.89. The summed E-state index contributed by atoms with van der Waals surface area (Å²) in [6, 6.07) is 16.3. The van der Waals surface area contributed by atoms with Gasteiger partial charge in [-0.25, -0.2) is 0 Å². The van der Waals surface area contributed by atoms with Crippen LogP contribution in [0, 0.1) is 6.92 Å². The Morgan fingerprint density at radius 2 is 1.65 bits per heavy atom. The van der Waals surface area contributed by atoms with Gasteiger partial charge in [-0.3, -0.25) is 0 Å². The van der Waals surface area contributed by atoms with Crippen molar-refractivity contribution in [3.8, 4) is 5.75 Å². The first-order chi connectivity index (χ1) is 8.25. The molecule has 0 saturated heterocycles. The van der Waals surface area contributed by atoms with Crippen molar-refractivity contribution in [2.45, 2.75) is 18.4 Å². The highest BCUT2D eigenvalue weighted by molar-refractivity contribution is 7.97. The van der Waals surface area contributed by atoms with Crippen molar-refractivity contribution < 1.29 is 5.11 Å². The lowest BCUT2D eigenvalue weighted by Gasteiger charge is -2.04. The lowest BCUT2D eigenvalue weighted by atomic mass is 10.1. The molecule has 0 radical (unpaired) electrons. The monoisotopic (exact) mass is 244 g/mol. The summed E-state index contributed by atoms with van der Waals surface area (Å²) in [5.74, 6) is 2.39. The normalized spacial score (nSPS) is 10.4. The zero-order chi connectivity index (χ0) is 12.1. The van der Waals surface area contributed by atoms with Crippen LogP contribution >= 0.6 is 11.8 Å². The van der Waals surface area contributed by atoms with Crippen LogP contribution in [0.4, 0.5) is 0 Å². The standard InChI is InChI=1S/C15H16OS/c1-12-9-14(7-8-15(12)16)11-17-10-13-5-3-2-4-6-13/h2-9,16H,10-11H2,1H3. The molecule has 2 heteroatoms. The summed E-state index contributed by atoms with van der Waals surface area (Å²) < 4.78 is 0. The summed E-state index contributed by atoms with van der Waals surface area (Å²) in [5, 5.41) is 9.44. The fourth-order valence-electron chi connectivity index (χ4n) is 1.67. The van der Waals surface area contributed by atoms with Crippen molar-refractivity contribution >= 4 is 11.8 Å². The van der Waals surface area contributed by atoms with Crippen molar-refractivity contribution in [2.24, 2.45) is 0 Å². The van der Waals surface area contributed by atoms with E-state index in [1.165, 1.54) is 11.1 Å². The van der Waals surface area contributed by atoms with Crippen molar-refractivity contribution in [3.05, 3.63) is 65.2 Å². The fraction of sp³-hybridized carbons (Fsp3) is 0.200. The molecule has 0 aliphatic heterocycles. The second-order valence-electron chi connectivity index (χ2n) is 4.10. The number of phenolic OH excluding ortho intramolecular Hbond substituents is 1. The second-order valence-corrected chi connectivity index (χ2v) is 5.08. The summed E-state index contributed by atoms with van der Waals surface area (Å²) in [6.07, 6.45) is 0. The molecule has 2 aromatic rings. The zero-order valence-corrected chi connectivity index (χ0v) is 10.7. The van der Waals surface area contributed by atoms with Gasteiger partial charge in [0, 0.05) is 11.5 Å². The van der Waals surface area contributed by atoms with E-state index < -0.39 is 0 Å². The van der Waals surface area contributed by atoms with E-state index in [-0.39, 0.29) is 0 Å². The molecule has 2 aromatic carbocycles. The van der Waals surface area contributed by atoms with Gasteiger partial charge in [0.2, 0.25) is 0 Å². The average Bonchev–Trinajstić information content (AvgIpc) is 2.35. The van der Waals surface area contributed by atoms with Crippen molar-refractivity contribution in [1.82, 2.24) is 0 Å². The molecule has 0 bridgehead atoms. The lowest BCUT2D eigenvalue weighted by Crippen LogP contribution is -1.85. The quantitative estimate of drug-likeness (QED) is 0.872. The number of hydrogen-bond donors (Lipinski definition) is 1. The van der Waals surface area contributed by atoms with Crippen molar-refractivity contribution in [2.75, 3.05) is 0 Å². The number of rotatable bonds is 4. The van der Waals surface area contributed by atoms with Crippen LogP contribution in [0.15, 0.2) is 48.5 Å². The highest BCUT2D eigenvalue weighted by Gasteiger charge is 1.99. The van der Waals surface area contributed by atoms with Crippen LogP contribution in [-0.2, 0) is 11.5 Å². The van der Waals surface area contributed by atoms with Crippen LogP contribution in [0.25, 0.3) is 0 Å². The van der Waals surface area contributed by atoms with Crippen LogP contribution in [-0.4, -0.2) is 5.11 Å². The Morgan fingerprint density at radius 1 is 0.941 bits per heavy atom. The van der Waals surface area contributed by atoms with Gasteiger partial charge >= 0.3 is 0 Å². The number of phenols is 1. The van der Waals surface area contributed by atoms with Gasteiger partial charge in [-0.2, -0.15) is 11.8 Å². The first-order valence-electron chi connectivity index (χ1n) is 5.66. The minimum Gasteiger partial charge on any atom is -0.508 e. The predicted molar refractivity (Wildman–Crippen MR) is 74.3 cm³/mol. The number of benzene rings is 2. The summed E-state index contributed by atoms with van der Waals surface area (Å²) in [4.78, 5) is 0. The summed E-state index contributed by atoms with van der Waals surface area (Å²) in [5.41, 5.74) is 3.57. The average molecular weight is 244 g/mol. The molecule has 2 rings (SSSR count). The van der Waals surface area contributed by atoms with E-state index in [9.17, 15) is 5.11 Å². The Bertz CT molecular complexity index is 480. The van der Waals surface area contributed by atoms with Gasteiger partial charge in [0.25, 0.3) is 0 Å². The Hall–Kier alpha value is -1.41. The molecule has 0 unspecified atom stereocenters. The Labute approximate surface area is 107 Å². The maximum absolute atomic E-state index is 9.44. The highest BCUT2D eigenvalue weighted by atomic mass is 32.2. The van der Waals surface area contributed by atoms with Gasteiger partial charge in [-0.1, -0.05) is 42.5 Å². The molecule has 0 aromatic heterocycles. The van der Waals surface area contributed by atoms with Gasteiger partial charge in [-0.05, 0) is 29.7 Å². The van der Waals surface area contributed by atoms with Crippen LogP contribution in [0.5, 0.6) is 5.75 Å². The fourth-order valence-corrected chi connectivity index (χ4v) is 2.61. The van der Waals surface area contributed by atoms with E-state index in [0.717, 1.165) is 17.1 Å². The highest BCUT2D eigenvalue weighted by Crippen LogP contribution is 2.22. The molecule has 0 spiro atoms. The Morgan fingerprint density at radius 3 is 2.35 bits per heavy atom. The maximum Gasteiger partial charge on any atom is 0.118 e. The molecule has 0 fully saturated rings. The van der Waals surface area contributed by atoms with Gasteiger partial charge in [0.15, 0.2) is 0 Å². The molecule has 0 heterocycles. The molecule has 0 atom stereocenters. The van der Waals surface area contributed by atoms with Crippen LogP contribution in [0.3, 0.4) is 0 Å². The number of aromatic hydroxyl groups is 1. The summed E-state index contributed by atoms with van der Waals surface area (Å²) in [6.45, 7) is 1.93. The molecule has 88 valence electrons. The van der Waals surface area contributed by atoms with E-state index in [2.05, 4.69) is 24.3 Å². The van der Waals surface area contributed by atoms with E-state index in [1.54, 1.807) is 6.07 Å². The number of thioether (sulfide) groups is 1. The SMILES string of the molecule is Cc1cc(CSCc2ccccc2)ccc1O. The molecular weight excluding hydrogens is 228 g/mol. The predicted octanol–water partition coefficient (Wildman–Crippen LogP) is 4.13. The Kier molecular flexibility index (Phi) is 4.10. The first kappa shape index (κ1) is 12.1. The molecule has 0 amide bonds. The third kappa shape index (κ3) is 3.53. The van der Waals surface area contributed by atoms with Crippen LogP contribution in [0.2, 0.25) is 0 Å². The molecule has 1 N–H and O–H groups in total. The van der Waals surface area contributed by atoms with Gasteiger partial charge in [-0.15, -0.1) is 0 Å². The molecule has 17 heavy (non-hydrogen) atoms. The molecule has 0 aliphatic carbocycles. The second kappa shape index (κ2) is 5.78. The molecule has 0 saturated carbocycles. The summed E-state index contributed by atoms with van der Waals surface area (Å²) >= 11 is 1.89. The van der Waals surface area contributed by atoms with Gasteiger partial charge < -0.3 is 5.11 Å². The van der Waals surface area contributed by atoms with E-state index >= 15 is 0 Å². The van der Waals surface area contributed by atoms with Crippen molar-refractivity contribution in [1.29, 1.82) is 0 Å². The molecule has 1 nitrogen and oxygen atoms in total. The number of hydrogen-bond acceptors (Lipinski definition) is 2. The molecular formula is C15H16OS. The largest absolute Gasteiger partial charge is 0.508 e. The summed E-state index contributed by atoms with van der Waals surface area (Å²) in [7, 11) is 0. The van der Waals surface area contributed by atoms with E-state index in [4.69, 9.17) is 0 Å². The Balaban J connectivity index is 1.88. The van der Waals surface area contributed by atoms with Gasteiger partial charge in [0.1, 0.15) is 5.75 Å². The smallest absolute Gasteiger partial charge is 0.118 e. The van der Waals surface area contributed by atoms with Crippen LogP contribution < -0.4 is 0 Å². The van der Waals surface area contributed by atoms with Gasteiger partial charge in [0.05, 0.1) is 0 Å². The minimum absolute atomic E-state index is 0.377. The van der Waals surface area contributed by atoms with Crippen LogP contribution in [0.1, 0.15) is 16.7 Å². The first-order valence-corrected chi connectivity index (χ1v) is 6.81. The third-order valence-corrected chi connectivity index (χ3v) is 3.72. The number of aryl methyl sites for hydroxylation is 1. The third-order valence-electron chi connectivity index (χ3n) is 2.64. The van der Waals surface area contributed by atoms with E-state index in [1.807, 2.05) is 36.9 Å².